The molecule has 1 saturated heterocycles. The highest BCUT2D eigenvalue weighted by molar-refractivity contribution is 6.31. The topological polar surface area (TPSA) is 144 Å². The molecule has 0 unspecified atom stereocenters. The minimum atomic E-state index is -0.659. The zero-order valence-electron chi connectivity index (χ0n) is 32.3. The van der Waals surface area contributed by atoms with E-state index in [1.165, 1.54) is 0 Å². The van der Waals surface area contributed by atoms with Gasteiger partial charge in [0.15, 0.2) is 0 Å². The highest BCUT2D eigenvalue weighted by atomic mass is 35.5. The summed E-state index contributed by atoms with van der Waals surface area (Å²) in [5.74, 6) is 0.649. The molecule has 12 nitrogen and oxygen atoms in total. The third kappa shape index (κ3) is 6.88. The van der Waals surface area contributed by atoms with Crippen LogP contribution in [0.1, 0.15) is 67.3 Å². The number of hydrogen-bond donors (Lipinski definition) is 3. The normalized spacial score (nSPS) is 21.6. The molecule has 1 atom stereocenters. The van der Waals surface area contributed by atoms with Crippen molar-refractivity contribution in [3.05, 3.63) is 88.3 Å². The van der Waals surface area contributed by atoms with Gasteiger partial charge >= 0.3 is 5.97 Å². The number of carbonyl (C=O) groups is 2. The number of ether oxygens (including phenoxy) is 2. The van der Waals surface area contributed by atoms with Crippen molar-refractivity contribution in [1.82, 2.24) is 35.3 Å². The summed E-state index contributed by atoms with van der Waals surface area (Å²) in [5, 5.41) is 22.8. The molecular formula is C43H48ClN7O5. The van der Waals surface area contributed by atoms with E-state index in [1.807, 2.05) is 35.1 Å². The molecule has 3 aliphatic rings. The van der Waals surface area contributed by atoms with Gasteiger partial charge in [-0.25, -0.2) is 4.98 Å². The molecule has 2 bridgehead atoms. The average Bonchev–Trinajstić information content (AvgIpc) is 4.00. The lowest BCUT2D eigenvalue weighted by atomic mass is 9.84. The molecule has 0 spiro atoms. The van der Waals surface area contributed by atoms with Gasteiger partial charge < -0.3 is 25.2 Å². The van der Waals surface area contributed by atoms with E-state index in [1.54, 1.807) is 20.4 Å². The number of methoxy groups -OCH3 is 2. The molecule has 1 amide bonds. The van der Waals surface area contributed by atoms with Crippen molar-refractivity contribution in [2.24, 2.45) is 5.41 Å². The van der Waals surface area contributed by atoms with Crippen molar-refractivity contribution in [2.75, 3.05) is 27.8 Å². The van der Waals surface area contributed by atoms with Gasteiger partial charge in [-0.15, -0.1) is 0 Å². The molecule has 2 aliphatic carbocycles. The molecule has 0 radical (unpaired) electrons. The van der Waals surface area contributed by atoms with E-state index < -0.39 is 11.4 Å². The van der Waals surface area contributed by atoms with Crippen LogP contribution < -0.4 is 20.1 Å². The first-order valence-electron chi connectivity index (χ1n) is 19.3. The number of nitrogens with zero attached hydrogens (tertiary/aromatic N) is 5. The second-order valence-electron chi connectivity index (χ2n) is 15.8. The summed E-state index contributed by atoms with van der Waals surface area (Å²) in [4.78, 5) is 35.5. The fraction of sp³-hybridized carbons (Fsp3) is 0.419. The molecule has 2 aromatic heterocycles. The lowest BCUT2D eigenvalue weighted by Gasteiger charge is -2.37. The SMILES string of the molecule is COc1cc(Cn2ncc3c(-c4cccc(-c5cnc(CNC[C@@H]6CCC(=O)N6)c(OC)n5)c4C)cccc32)c(Cl)cc1CN(C)C12CCC(C(=O)O)(CC1)C2. The Kier molecular flexibility index (Phi) is 10.2. The number of carbonyl (C=O) groups excluding carboxylic acids is 1. The van der Waals surface area contributed by atoms with E-state index in [4.69, 9.17) is 36.1 Å². The predicted octanol–water partition coefficient (Wildman–Crippen LogP) is 6.78. The first-order chi connectivity index (χ1) is 27.0. The molecule has 3 N–H and O–H groups in total. The monoisotopic (exact) mass is 777 g/mol. The Morgan fingerprint density at radius 3 is 2.54 bits per heavy atom. The largest absolute Gasteiger partial charge is 0.496 e. The summed E-state index contributed by atoms with van der Waals surface area (Å²) < 4.78 is 13.5. The van der Waals surface area contributed by atoms with E-state index in [2.05, 4.69) is 53.8 Å². The van der Waals surface area contributed by atoms with Gasteiger partial charge in [-0.1, -0.05) is 41.9 Å². The van der Waals surface area contributed by atoms with E-state index in [-0.39, 0.29) is 17.5 Å². The van der Waals surface area contributed by atoms with E-state index in [9.17, 15) is 14.7 Å². The van der Waals surface area contributed by atoms with Crippen LogP contribution in [0.3, 0.4) is 0 Å². The lowest BCUT2D eigenvalue weighted by Crippen LogP contribution is -2.42. The maximum absolute atomic E-state index is 12.1. The van der Waals surface area contributed by atoms with Crippen LogP contribution in [0.25, 0.3) is 33.3 Å². The Morgan fingerprint density at radius 2 is 1.82 bits per heavy atom. The van der Waals surface area contributed by atoms with Crippen molar-refractivity contribution >= 4 is 34.4 Å². The van der Waals surface area contributed by atoms with Crippen molar-refractivity contribution in [1.29, 1.82) is 0 Å². The number of carboxylic acid groups (broad SMARTS) is 1. The summed E-state index contributed by atoms with van der Waals surface area (Å²) >= 11 is 6.99. The van der Waals surface area contributed by atoms with Crippen LogP contribution in [-0.4, -0.2) is 81.0 Å². The van der Waals surface area contributed by atoms with Crippen LogP contribution in [0.2, 0.25) is 5.02 Å². The average molecular weight is 778 g/mol. The van der Waals surface area contributed by atoms with Crippen LogP contribution in [0.4, 0.5) is 0 Å². The molecule has 5 aromatic rings. The number of hydrogen-bond acceptors (Lipinski definition) is 9. The van der Waals surface area contributed by atoms with Gasteiger partial charge in [0.1, 0.15) is 11.4 Å². The Morgan fingerprint density at radius 1 is 1.05 bits per heavy atom. The third-order valence-electron chi connectivity index (χ3n) is 12.6. The zero-order chi connectivity index (χ0) is 39.2. The molecule has 8 rings (SSSR count). The van der Waals surface area contributed by atoms with Crippen LogP contribution in [-0.2, 0) is 29.2 Å². The number of aromatic nitrogens is 4. The number of amides is 1. The summed E-state index contributed by atoms with van der Waals surface area (Å²) in [5.41, 5.74) is 7.71. The number of benzene rings is 3. The molecule has 3 heterocycles. The summed E-state index contributed by atoms with van der Waals surface area (Å²) in [6.45, 7) is 4.30. The van der Waals surface area contributed by atoms with E-state index in [0.29, 0.717) is 61.3 Å². The first kappa shape index (κ1) is 37.9. The number of aliphatic carboxylic acids is 1. The van der Waals surface area contributed by atoms with Gasteiger partial charge in [0, 0.05) is 59.2 Å². The molecular weight excluding hydrogens is 730 g/mol. The van der Waals surface area contributed by atoms with Crippen LogP contribution in [0.5, 0.6) is 11.6 Å². The molecule has 3 fully saturated rings. The molecule has 13 heteroatoms. The van der Waals surface area contributed by atoms with Crippen LogP contribution >= 0.6 is 11.6 Å². The van der Waals surface area contributed by atoms with E-state index in [0.717, 1.165) is 82.1 Å². The number of fused-ring (bicyclic) bond motifs is 3. The summed E-state index contributed by atoms with van der Waals surface area (Å²) in [7, 11) is 5.37. The standard InChI is InChI=1S/C43H48ClN7O5/c1-26-30(7-5-8-31(26)35-22-46-36(40(49-35)56-4)21-45-19-29-11-12-39(52)48-29)32-9-6-10-37-33(32)20-47-51(37)24-27-18-38(55-3)28(17-34(27)44)23-50(2)43-15-13-42(25-43,14-16-43)41(53)54/h5-10,17-18,20,22,29,45H,11-16,19,21,23-25H2,1-4H3,(H,48,52)(H,53,54)/t29-,42?,43?/m0/s1. The highest BCUT2D eigenvalue weighted by Crippen LogP contribution is 2.59. The van der Waals surface area contributed by atoms with Gasteiger partial charge in [0.2, 0.25) is 11.8 Å². The molecule has 3 aromatic carbocycles. The van der Waals surface area contributed by atoms with Gasteiger partial charge in [-0.05, 0) is 92.9 Å². The van der Waals surface area contributed by atoms with E-state index >= 15 is 0 Å². The van der Waals surface area contributed by atoms with Crippen molar-refractivity contribution < 1.29 is 24.2 Å². The fourth-order valence-corrected chi connectivity index (χ4v) is 9.56. The van der Waals surface area contributed by atoms with Crippen molar-refractivity contribution in [2.45, 2.75) is 83.1 Å². The van der Waals surface area contributed by atoms with Crippen LogP contribution in [0, 0.1) is 12.3 Å². The Hall–Kier alpha value is -5.04. The van der Waals surface area contributed by atoms with Gasteiger partial charge in [-0.3, -0.25) is 24.2 Å². The fourth-order valence-electron chi connectivity index (χ4n) is 9.32. The molecule has 2 saturated carbocycles. The smallest absolute Gasteiger partial charge is 0.309 e. The Labute approximate surface area is 331 Å². The highest BCUT2D eigenvalue weighted by Gasteiger charge is 2.59. The minimum Gasteiger partial charge on any atom is -0.496 e. The van der Waals surface area contributed by atoms with Gasteiger partial charge in [0.25, 0.3) is 0 Å². The molecule has 56 heavy (non-hydrogen) atoms. The predicted molar refractivity (Wildman–Crippen MR) is 215 cm³/mol. The van der Waals surface area contributed by atoms with Crippen molar-refractivity contribution in [3.8, 4) is 34.0 Å². The summed E-state index contributed by atoms with van der Waals surface area (Å²) in [6.07, 6.45) is 9.03. The third-order valence-corrected chi connectivity index (χ3v) is 13.0. The maximum Gasteiger partial charge on any atom is 0.309 e. The lowest BCUT2D eigenvalue weighted by molar-refractivity contribution is -0.148. The molecule has 1 aliphatic heterocycles. The Balaban J connectivity index is 1.01. The zero-order valence-corrected chi connectivity index (χ0v) is 33.1. The number of rotatable bonds is 14. The number of carboxylic acids is 1. The quantitative estimate of drug-likeness (QED) is 0.111. The van der Waals surface area contributed by atoms with Gasteiger partial charge in [-0.2, -0.15) is 5.10 Å². The molecule has 292 valence electrons. The van der Waals surface area contributed by atoms with Gasteiger partial charge in [0.05, 0.1) is 49.8 Å². The number of nitrogens with one attached hydrogen (secondary N) is 2. The second kappa shape index (κ2) is 15.1. The summed E-state index contributed by atoms with van der Waals surface area (Å²) in [6, 6.07) is 16.6. The number of halogens is 1. The van der Waals surface area contributed by atoms with Crippen molar-refractivity contribution in [3.63, 3.8) is 0 Å². The first-order valence-corrected chi connectivity index (χ1v) is 19.7. The maximum atomic E-state index is 12.1. The Bertz CT molecular complexity index is 2320. The minimum absolute atomic E-state index is 0.0967. The second-order valence-corrected chi connectivity index (χ2v) is 16.2. The van der Waals surface area contributed by atoms with Crippen LogP contribution in [0.15, 0.2) is 60.9 Å².